The standard InChI is InChI=1S/C29H25F3N8O4/c30-17-6-18(31)8-21(7-17)38-13-20(10-25(38)41)36-29(44)24-9-19(32)12-39(24)26(42)14-40-23-2-1-15(16-3-4-34-35-11-16)5-22(23)27(37-40)28(33)43/h1-8,11,19-20,24H,9-10,12-14H2,(H2,33,43)(H,36,44). The molecule has 4 aromatic rings. The lowest BCUT2D eigenvalue weighted by atomic mass is 10.0. The van der Waals surface area contributed by atoms with Gasteiger partial charge in [-0.1, -0.05) is 6.07 Å². The average molecular weight is 607 g/mol. The van der Waals surface area contributed by atoms with Crippen molar-refractivity contribution in [1.29, 1.82) is 0 Å². The Labute approximate surface area is 247 Å². The number of aromatic nitrogens is 4. The summed E-state index contributed by atoms with van der Waals surface area (Å²) in [6.45, 7) is -0.798. The molecule has 2 aromatic carbocycles. The van der Waals surface area contributed by atoms with E-state index in [1.54, 1.807) is 30.5 Å². The zero-order valence-electron chi connectivity index (χ0n) is 23.0. The lowest BCUT2D eigenvalue weighted by Crippen LogP contribution is -2.50. The minimum Gasteiger partial charge on any atom is -0.364 e. The maximum Gasteiger partial charge on any atom is 0.269 e. The molecule has 2 aliphatic rings. The van der Waals surface area contributed by atoms with Gasteiger partial charge in [0, 0.05) is 42.1 Å². The molecule has 6 rings (SSSR count). The summed E-state index contributed by atoms with van der Waals surface area (Å²) in [6.07, 6.45) is 1.19. The highest BCUT2D eigenvalue weighted by atomic mass is 19.1. The monoisotopic (exact) mass is 606 g/mol. The van der Waals surface area contributed by atoms with Crippen molar-refractivity contribution in [2.24, 2.45) is 5.73 Å². The van der Waals surface area contributed by atoms with E-state index < -0.39 is 60.1 Å². The largest absolute Gasteiger partial charge is 0.364 e. The summed E-state index contributed by atoms with van der Waals surface area (Å²) in [7, 11) is 0. The fourth-order valence-corrected chi connectivity index (χ4v) is 5.70. The van der Waals surface area contributed by atoms with Crippen LogP contribution in [0.15, 0.2) is 54.9 Å². The molecular weight excluding hydrogens is 581 g/mol. The fraction of sp³-hybridized carbons (Fsp3) is 0.276. The quantitative estimate of drug-likeness (QED) is 0.325. The Morgan fingerprint density at radius 2 is 1.77 bits per heavy atom. The zero-order valence-corrected chi connectivity index (χ0v) is 23.0. The van der Waals surface area contributed by atoms with Crippen LogP contribution in [0, 0.1) is 11.6 Å². The molecule has 0 radical (unpaired) electrons. The second-order valence-electron chi connectivity index (χ2n) is 10.7. The van der Waals surface area contributed by atoms with Crippen molar-refractivity contribution < 1.29 is 32.3 Å². The molecule has 0 saturated carbocycles. The Balaban J connectivity index is 1.18. The second-order valence-corrected chi connectivity index (χ2v) is 10.7. The van der Waals surface area contributed by atoms with Crippen LogP contribution < -0.4 is 16.0 Å². The van der Waals surface area contributed by atoms with Crippen LogP contribution in [-0.2, 0) is 20.9 Å². The molecule has 0 bridgehead atoms. The number of carbonyl (C=O) groups excluding carboxylic acids is 4. The van der Waals surface area contributed by atoms with E-state index >= 15 is 0 Å². The van der Waals surface area contributed by atoms with Gasteiger partial charge in [-0.3, -0.25) is 23.9 Å². The molecule has 2 aliphatic heterocycles. The van der Waals surface area contributed by atoms with Crippen molar-refractivity contribution in [2.75, 3.05) is 18.0 Å². The highest BCUT2D eigenvalue weighted by Gasteiger charge is 2.42. The summed E-state index contributed by atoms with van der Waals surface area (Å²) >= 11 is 0. The number of amides is 4. The molecule has 3 unspecified atom stereocenters. The van der Waals surface area contributed by atoms with E-state index in [0.29, 0.717) is 22.5 Å². The maximum absolute atomic E-state index is 14.6. The molecular formula is C29H25F3N8O4. The Morgan fingerprint density at radius 1 is 1.00 bits per heavy atom. The molecule has 44 heavy (non-hydrogen) atoms. The van der Waals surface area contributed by atoms with Gasteiger partial charge < -0.3 is 20.9 Å². The molecule has 0 spiro atoms. The van der Waals surface area contributed by atoms with Gasteiger partial charge in [0.05, 0.1) is 30.5 Å². The number of primary amides is 1. The summed E-state index contributed by atoms with van der Waals surface area (Å²) in [4.78, 5) is 53.7. The SMILES string of the molecule is NC(=O)c1nn(CC(=O)N2CC(F)CC2C(=O)NC2CC(=O)N(c3cc(F)cc(F)c3)C2)c2ccc(-c3ccnnc3)cc12. The molecule has 2 aromatic heterocycles. The number of nitrogens with zero attached hydrogens (tertiary/aromatic N) is 6. The van der Waals surface area contributed by atoms with Crippen LogP contribution in [0.1, 0.15) is 23.3 Å². The van der Waals surface area contributed by atoms with E-state index in [0.717, 1.165) is 27.5 Å². The molecule has 15 heteroatoms. The third kappa shape index (κ3) is 5.55. The first-order chi connectivity index (χ1) is 21.1. The summed E-state index contributed by atoms with van der Waals surface area (Å²) in [6, 6.07) is 7.64. The number of hydrogen-bond donors (Lipinski definition) is 2. The van der Waals surface area contributed by atoms with Crippen molar-refractivity contribution >= 4 is 40.2 Å². The summed E-state index contributed by atoms with van der Waals surface area (Å²) in [5.74, 6) is -4.26. The van der Waals surface area contributed by atoms with Gasteiger partial charge in [0.2, 0.25) is 17.7 Å². The lowest BCUT2D eigenvalue weighted by molar-refractivity contribution is -0.139. The first kappa shape index (κ1) is 28.8. The van der Waals surface area contributed by atoms with Crippen LogP contribution in [0.3, 0.4) is 0 Å². The number of likely N-dealkylation sites (tertiary alicyclic amines) is 1. The number of anilines is 1. The molecule has 3 N–H and O–H groups in total. The Kier molecular flexibility index (Phi) is 7.45. The number of fused-ring (bicyclic) bond motifs is 1. The third-order valence-electron chi connectivity index (χ3n) is 7.69. The van der Waals surface area contributed by atoms with E-state index in [4.69, 9.17) is 5.73 Å². The summed E-state index contributed by atoms with van der Waals surface area (Å²) < 4.78 is 43.2. The number of carbonyl (C=O) groups is 4. The van der Waals surface area contributed by atoms with Gasteiger partial charge in [-0.2, -0.15) is 15.3 Å². The molecule has 2 saturated heterocycles. The van der Waals surface area contributed by atoms with E-state index in [9.17, 15) is 32.3 Å². The highest BCUT2D eigenvalue weighted by Crippen LogP contribution is 2.28. The molecule has 0 aliphatic carbocycles. The number of benzene rings is 2. The highest BCUT2D eigenvalue weighted by molar-refractivity contribution is 6.05. The van der Waals surface area contributed by atoms with Crippen molar-refractivity contribution in [3.05, 3.63) is 72.2 Å². The first-order valence-electron chi connectivity index (χ1n) is 13.6. The Bertz CT molecular complexity index is 1780. The first-order valence-corrected chi connectivity index (χ1v) is 13.6. The molecule has 4 amide bonds. The van der Waals surface area contributed by atoms with Crippen LogP contribution in [0.25, 0.3) is 22.0 Å². The molecule has 4 heterocycles. The minimum absolute atomic E-state index is 0.0112. The van der Waals surface area contributed by atoms with Crippen molar-refractivity contribution in [3.8, 4) is 11.1 Å². The zero-order chi connectivity index (χ0) is 31.1. The fourth-order valence-electron chi connectivity index (χ4n) is 5.70. The lowest BCUT2D eigenvalue weighted by Gasteiger charge is -2.25. The van der Waals surface area contributed by atoms with Gasteiger partial charge in [-0.05, 0) is 35.9 Å². The topological polar surface area (TPSA) is 156 Å². The number of halogens is 3. The second kappa shape index (κ2) is 11.4. The predicted molar refractivity (Wildman–Crippen MR) is 150 cm³/mol. The van der Waals surface area contributed by atoms with Gasteiger partial charge in [-0.25, -0.2) is 13.2 Å². The van der Waals surface area contributed by atoms with E-state index in [2.05, 4.69) is 20.6 Å². The molecule has 12 nitrogen and oxygen atoms in total. The van der Waals surface area contributed by atoms with Crippen LogP contribution in [-0.4, -0.2) is 79.9 Å². The Hall–Kier alpha value is -5.34. The van der Waals surface area contributed by atoms with Gasteiger partial charge in [0.15, 0.2) is 5.69 Å². The third-order valence-corrected chi connectivity index (χ3v) is 7.69. The van der Waals surface area contributed by atoms with Crippen molar-refractivity contribution in [2.45, 2.75) is 37.6 Å². The number of alkyl halides is 1. The molecule has 3 atom stereocenters. The van der Waals surface area contributed by atoms with Crippen LogP contribution in [0.2, 0.25) is 0 Å². The van der Waals surface area contributed by atoms with E-state index in [1.165, 1.54) is 10.9 Å². The number of rotatable bonds is 7. The van der Waals surface area contributed by atoms with Gasteiger partial charge in [0.1, 0.15) is 30.4 Å². The van der Waals surface area contributed by atoms with Gasteiger partial charge >= 0.3 is 0 Å². The van der Waals surface area contributed by atoms with Crippen molar-refractivity contribution in [1.82, 2.24) is 30.2 Å². The molecule has 226 valence electrons. The van der Waals surface area contributed by atoms with E-state index in [1.807, 2.05) is 0 Å². The van der Waals surface area contributed by atoms with Crippen LogP contribution in [0.5, 0.6) is 0 Å². The normalized spacial score (nSPS) is 20.0. The number of nitrogens with one attached hydrogen (secondary N) is 1. The van der Waals surface area contributed by atoms with Crippen LogP contribution >= 0.6 is 0 Å². The smallest absolute Gasteiger partial charge is 0.269 e. The number of nitrogens with two attached hydrogens (primary N) is 1. The molecule has 2 fully saturated rings. The number of hydrogen-bond acceptors (Lipinski definition) is 7. The Morgan fingerprint density at radius 3 is 2.48 bits per heavy atom. The van der Waals surface area contributed by atoms with E-state index in [-0.39, 0.29) is 37.3 Å². The van der Waals surface area contributed by atoms with Crippen molar-refractivity contribution in [3.63, 3.8) is 0 Å². The maximum atomic E-state index is 14.6. The summed E-state index contributed by atoms with van der Waals surface area (Å²) in [5.41, 5.74) is 7.38. The van der Waals surface area contributed by atoms with Crippen LogP contribution in [0.4, 0.5) is 18.9 Å². The predicted octanol–water partition coefficient (Wildman–Crippen LogP) is 1.73. The van der Waals surface area contributed by atoms with Gasteiger partial charge in [0.25, 0.3) is 5.91 Å². The average Bonchev–Trinajstić information content (AvgIpc) is 3.67. The summed E-state index contributed by atoms with van der Waals surface area (Å²) in [5, 5.41) is 14.9. The van der Waals surface area contributed by atoms with Gasteiger partial charge in [-0.15, -0.1) is 0 Å². The minimum atomic E-state index is -1.47.